The molecule has 1 heterocycles. The van der Waals surface area contributed by atoms with Gasteiger partial charge in [-0.25, -0.2) is 13.2 Å². The minimum atomic E-state index is -1.52. The van der Waals surface area contributed by atoms with E-state index in [1.807, 2.05) is 6.92 Å². The summed E-state index contributed by atoms with van der Waals surface area (Å²) in [6.45, 7) is 2.68. The molecule has 4 N–H and O–H groups in total. The maximum absolute atomic E-state index is 13.1. The number of hydrogen-bond donors (Lipinski definition) is 3. The van der Waals surface area contributed by atoms with Crippen LogP contribution in [0.2, 0.25) is 0 Å². The number of rotatable bonds is 5. The lowest BCUT2D eigenvalue weighted by Gasteiger charge is -2.10. The maximum atomic E-state index is 13.1. The molecule has 0 amide bonds. The first kappa shape index (κ1) is 14.9. The number of hydrogen-bond acceptors (Lipinski definition) is 5. The van der Waals surface area contributed by atoms with E-state index in [-0.39, 0.29) is 17.5 Å². The lowest BCUT2D eigenvalue weighted by molar-refractivity contribution is 0.448. The Bertz CT molecular complexity index is 625. The molecule has 0 aliphatic heterocycles. The number of nitrogens with zero attached hydrogens (tertiary/aromatic N) is 2. The maximum Gasteiger partial charge on any atom is 0.223 e. The van der Waals surface area contributed by atoms with Crippen molar-refractivity contribution in [1.29, 1.82) is 0 Å². The molecule has 0 saturated carbocycles. The van der Waals surface area contributed by atoms with Crippen molar-refractivity contribution in [3.8, 4) is 0 Å². The third-order valence-electron chi connectivity index (χ3n) is 2.56. The lowest BCUT2D eigenvalue weighted by atomic mass is 10.3. The SMILES string of the molecule is CCCNc1cc(Nc2cc(F)c(F)c(F)c2)nc(N)n1. The van der Waals surface area contributed by atoms with Gasteiger partial charge in [0.25, 0.3) is 0 Å². The molecule has 5 nitrogen and oxygen atoms in total. The second kappa shape index (κ2) is 6.29. The first-order chi connectivity index (χ1) is 9.99. The van der Waals surface area contributed by atoms with Crippen LogP contribution in [0.4, 0.5) is 36.4 Å². The van der Waals surface area contributed by atoms with Crippen LogP contribution in [0.3, 0.4) is 0 Å². The zero-order valence-corrected chi connectivity index (χ0v) is 11.3. The molecule has 2 rings (SSSR count). The number of aromatic nitrogens is 2. The average molecular weight is 297 g/mol. The topological polar surface area (TPSA) is 75.9 Å². The molecule has 0 spiro atoms. The highest BCUT2D eigenvalue weighted by Gasteiger charge is 2.11. The number of benzene rings is 1. The quantitative estimate of drug-likeness (QED) is 0.740. The molecule has 1 aromatic carbocycles. The number of nitrogen functional groups attached to an aromatic ring is 1. The highest BCUT2D eigenvalue weighted by molar-refractivity contribution is 5.60. The van der Waals surface area contributed by atoms with E-state index in [4.69, 9.17) is 5.73 Å². The number of nitrogens with one attached hydrogen (secondary N) is 2. The third kappa shape index (κ3) is 3.74. The summed E-state index contributed by atoms with van der Waals surface area (Å²) in [7, 11) is 0. The Morgan fingerprint density at radius 1 is 1.05 bits per heavy atom. The van der Waals surface area contributed by atoms with Crippen LogP contribution in [0.5, 0.6) is 0 Å². The highest BCUT2D eigenvalue weighted by Crippen LogP contribution is 2.22. The molecule has 21 heavy (non-hydrogen) atoms. The van der Waals surface area contributed by atoms with Crippen molar-refractivity contribution in [2.75, 3.05) is 22.9 Å². The van der Waals surface area contributed by atoms with Gasteiger partial charge in [-0.2, -0.15) is 9.97 Å². The monoisotopic (exact) mass is 297 g/mol. The Morgan fingerprint density at radius 2 is 1.67 bits per heavy atom. The molecule has 0 atom stereocenters. The summed E-state index contributed by atoms with van der Waals surface area (Å²) >= 11 is 0. The van der Waals surface area contributed by atoms with Crippen molar-refractivity contribution >= 4 is 23.3 Å². The second-order valence-corrected chi connectivity index (χ2v) is 4.30. The highest BCUT2D eigenvalue weighted by atomic mass is 19.2. The molecule has 0 fully saturated rings. The number of nitrogens with two attached hydrogens (primary N) is 1. The summed E-state index contributed by atoms with van der Waals surface area (Å²) in [5.41, 5.74) is 5.58. The summed E-state index contributed by atoms with van der Waals surface area (Å²) in [4.78, 5) is 7.87. The van der Waals surface area contributed by atoms with Gasteiger partial charge in [0.2, 0.25) is 5.95 Å². The van der Waals surface area contributed by atoms with Crippen molar-refractivity contribution in [2.24, 2.45) is 0 Å². The zero-order valence-electron chi connectivity index (χ0n) is 11.3. The van der Waals surface area contributed by atoms with E-state index in [2.05, 4.69) is 20.6 Å². The van der Waals surface area contributed by atoms with E-state index in [0.717, 1.165) is 18.6 Å². The fraction of sp³-hybridized carbons (Fsp3) is 0.231. The van der Waals surface area contributed by atoms with Crippen LogP contribution < -0.4 is 16.4 Å². The van der Waals surface area contributed by atoms with E-state index in [1.165, 1.54) is 6.07 Å². The van der Waals surface area contributed by atoms with Gasteiger partial charge in [0.05, 0.1) is 0 Å². The van der Waals surface area contributed by atoms with Gasteiger partial charge in [-0.3, -0.25) is 0 Å². The Hall–Kier alpha value is -2.51. The van der Waals surface area contributed by atoms with E-state index < -0.39 is 17.5 Å². The van der Waals surface area contributed by atoms with Gasteiger partial charge in [-0.15, -0.1) is 0 Å². The Labute approximate surface area is 119 Å². The van der Waals surface area contributed by atoms with Crippen molar-refractivity contribution in [1.82, 2.24) is 9.97 Å². The van der Waals surface area contributed by atoms with Gasteiger partial charge in [0.1, 0.15) is 11.6 Å². The van der Waals surface area contributed by atoms with Gasteiger partial charge >= 0.3 is 0 Å². The molecule has 8 heteroatoms. The molecule has 0 bridgehead atoms. The zero-order chi connectivity index (χ0) is 15.4. The first-order valence-corrected chi connectivity index (χ1v) is 6.29. The van der Waals surface area contributed by atoms with Gasteiger partial charge in [0, 0.05) is 30.4 Å². The standard InChI is InChI=1S/C13H14F3N5/c1-2-3-18-10-6-11(21-13(17)20-10)19-7-4-8(14)12(16)9(15)5-7/h4-6H,2-3H2,1H3,(H4,17,18,19,20,21). The molecular formula is C13H14F3N5. The van der Waals surface area contributed by atoms with Gasteiger partial charge in [-0.05, 0) is 6.42 Å². The van der Waals surface area contributed by atoms with Gasteiger partial charge in [0.15, 0.2) is 17.5 Å². The first-order valence-electron chi connectivity index (χ1n) is 6.29. The van der Waals surface area contributed by atoms with E-state index in [1.54, 1.807) is 0 Å². The Kier molecular flexibility index (Phi) is 4.46. The van der Waals surface area contributed by atoms with Crippen LogP contribution in [0.25, 0.3) is 0 Å². The van der Waals surface area contributed by atoms with Crippen molar-refractivity contribution < 1.29 is 13.2 Å². The van der Waals surface area contributed by atoms with Crippen molar-refractivity contribution in [2.45, 2.75) is 13.3 Å². The predicted molar refractivity (Wildman–Crippen MR) is 74.8 cm³/mol. The van der Waals surface area contributed by atoms with Gasteiger partial charge < -0.3 is 16.4 Å². The summed E-state index contributed by atoms with van der Waals surface area (Å²) in [5, 5.41) is 5.67. The average Bonchev–Trinajstić information content (AvgIpc) is 2.42. The predicted octanol–water partition coefficient (Wildman–Crippen LogP) is 3.04. The molecular weight excluding hydrogens is 283 g/mol. The molecule has 0 unspecified atom stereocenters. The lowest BCUT2D eigenvalue weighted by Crippen LogP contribution is -2.07. The van der Waals surface area contributed by atoms with Crippen LogP contribution in [-0.4, -0.2) is 16.5 Å². The molecule has 0 saturated heterocycles. The molecule has 2 aromatic rings. The van der Waals surface area contributed by atoms with Gasteiger partial charge in [-0.1, -0.05) is 6.92 Å². The fourth-order valence-corrected chi connectivity index (χ4v) is 1.65. The normalized spacial score (nSPS) is 10.5. The van der Waals surface area contributed by atoms with Crippen LogP contribution in [0.1, 0.15) is 13.3 Å². The molecule has 0 radical (unpaired) electrons. The van der Waals surface area contributed by atoms with Crippen LogP contribution in [-0.2, 0) is 0 Å². The number of halogens is 3. The van der Waals surface area contributed by atoms with Crippen molar-refractivity contribution in [3.63, 3.8) is 0 Å². The Balaban J connectivity index is 2.24. The summed E-state index contributed by atoms with van der Waals surface area (Å²) in [5.74, 6) is -3.37. The van der Waals surface area contributed by atoms with Crippen LogP contribution in [0, 0.1) is 17.5 Å². The smallest absolute Gasteiger partial charge is 0.223 e. The summed E-state index contributed by atoms with van der Waals surface area (Å²) in [6.07, 6.45) is 0.890. The molecule has 0 aliphatic carbocycles. The molecule has 112 valence electrons. The van der Waals surface area contributed by atoms with E-state index >= 15 is 0 Å². The van der Waals surface area contributed by atoms with E-state index in [9.17, 15) is 13.2 Å². The Morgan fingerprint density at radius 3 is 2.29 bits per heavy atom. The third-order valence-corrected chi connectivity index (χ3v) is 2.56. The second-order valence-electron chi connectivity index (χ2n) is 4.30. The van der Waals surface area contributed by atoms with Crippen molar-refractivity contribution in [3.05, 3.63) is 35.7 Å². The summed E-state index contributed by atoms with van der Waals surface area (Å²) < 4.78 is 39.2. The molecule has 1 aromatic heterocycles. The largest absolute Gasteiger partial charge is 0.370 e. The van der Waals surface area contributed by atoms with E-state index in [0.29, 0.717) is 12.4 Å². The fourth-order valence-electron chi connectivity index (χ4n) is 1.65. The molecule has 0 aliphatic rings. The minimum Gasteiger partial charge on any atom is -0.370 e. The number of anilines is 4. The minimum absolute atomic E-state index is 0.00154. The van der Waals surface area contributed by atoms with Crippen LogP contribution in [0.15, 0.2) is 18.2 Å². The van der Waals surface area contributed by atoms with Crippen LogP contribution >= 0.6 is 0 Å². The summed E-state index contributed by atoms with van der Waals surface area (Å²) in [6, 6.07) is 3.19.